The van der Waals surface area contributed by atoms with Gasteiger partial charge in [0.05, 0.1) is 0 Å². The van der Waals surface area contributed by atoms with Crippen molar-refractivity contribution in [3.05, 3.63) is 64.7 Å². The minimum Gasteiger partial charge on any atom is -0.312 e. The Hall–Kier alpha value is -0.960. The van der Waals surface area contributed by atoms with Crippen LogP contribution in [0.2, 0.25) is 5.02 Å². The number of rotatable bonds is 3. The summed E-state index contributed by atoms with van der Waals surface area (Å²) in [7, 11) is 2.07. The second kappa shape index (κ2) is 6.87. The summed E-state index contributed by atoms with van der Waals surface area (Å²) in [5.41, 5.74) is 2.95. The highest BCUT2D eigenvalue weighted by Gasteiger charge is 2.27. The Kier molecular flexibility index (Phi) is 4.89. The molecule has 0 amide bonds. The van der Waals surface area contributed by atoms with Crippen molar-refractivity contribution in [2.24, 2.45) is 0 Å². The smallest absolute Gasteiger partial charge is 0.0444 e. The molecule has 1 nitrogen and oxygen atoms in total. The van der Waals surface area contributed by atoms with Crippen molar-refractivity contribution < 1.29 is 0 Å². The van der Waals surface area contributed by atoms with Crippen molar-refractivity contribution in [1.29, 1.82) is 0 Å². The first-order valence-corrected chi connectivity index (χ1v) is 8.71. The van der Waals surface area contributed by atoms with E-state index in [1.54, 1.807) is 0 Å². The molecule has 2 aromatic rings. The van der Waals surface area contributed by atoms with E-state index in [-0.39, 0.29) is 0 Å². The molecule has 3 rings (SSSR count). The molecule has 1 aliphatic carbocycles. The van der Waals surface area contributed by atoms with Crippen molar-refractivity contribution in [1.82, 2.24) is 5.32 Å². The summed E-state index contributed by atoms with van der Waals surface area (Å²) in [4.78, 5) is 1.26. The van der Waals surface area contributed by atoms with Crippen LogP contribution >= 0.6 is 23.4 Å². The van der Waals surface area contributed by atoms with E-state index in [4.69, 9.17) is 11.6 Å². The molecule has 0 heterocycles. The van der Waals surface area contributed by atoms with Gasteiger partial charge < -0.3 is 5.32 Å². The summed E-state index contributed by atoms with van der Waals surface area (Å²) in [5, 5.41) is 4.89. The number of aryl methyl sites for hydroxylation is 1. The molecule has 1 N–H and O–H groups in total. The van der Waals surface area contributed by atoms with Crippen molar-refractivity contribution in [3.63, 3.8) is 0 Å². The molecule has 0 saturated carbocycles. The minimum atomic E-state index is 0.396. The first-order valence-electron chi connectivity index (χ1n) is 7.45. The molecular formula is C18H20ClNS. The van der Waals surface area contributed by atoms with Gasteiger partial charge in [-0.3, -0.25) is 0 Å². The van der Waals surface area contributed by atoms with Crippen molar-refractivity contribution in [3.8, 4) is 0 Å². The number of halogens is 1. The van der Waals surface area contributed by atoms with Gasteiger partial charge in [-0.25, -0.2) is 0 Å². The van der Waals surface area contributed by atoms with Crippen LogP contribution in [0.4, 0.5) is 0 Å². The van der Waals surface area contributed by atoms with Crippen LogP contribution in [0.5, 0.6) is 0 Å². The Morgan fingerprint density at radius 2 is 2.00 bits per heavy atom. The van der Waals surface area contributed by atoms with E-state index in [0.717, 1.165) is 5.02 Å². The monoisotopic (exact) mass is 317 g/mol. The first-order chi connectivity index (χ1) is 10.3. The van der Waals surface area contributed by atoms with Gasteiger partial charge in [0.2, 0.25) is 0 Å². The normalized spacial score (nSPS) is 21.6. The summed E-state index contributed by atoms with van der Waals surface area (Å²) >= 11 is 8.06. The lowest BCUT2D eigenvalue weighted by Gasteiger charge is -2.26. The van der Waals surface area contributed by atoms with Gasteiger partial charge >= 0.3 is 0 Å². The van der Waals surface area contributed by atoms with E-state index in [1.807, 2.05) is 23.9 Å². The predicted molar refractivity (Wildman–Crippen MR) is 92.3 cm³/mol. The maximum Gasteiger partial charge on any atom is 0.0444 e. The maximum atomic E-state index is 6.12. The van der Waals surface area contributed by atoms with Crippen LogP contribution in [0.1, 0.15) is 30.0 Å². The van der Waals surface area contributed by atoms with Crippen molar-refractivity contribution in [2.75, 3.05) is 7.05 Å². The number of nitrogens with one attached hydrogen (secondary N) is 1. The zero-order chi connectivity index (χ0) is 14.7. The maximum absolute atomic E-state index is 6.12. The molecule has 0 spiro atoms. The molecule has 1 aliphatic rings. The second-order valence-electron chi connectivity index (χ2n) is 5.47. The molecule has 2 unspecified atom stereocenters. The molecule has 2 aromatic carbocycles. The molecule has 2 atom stereocenters. The van der Waals surface area contributed by atoms with Gasteiger partial charge in [-0.1, -0.05) is 41.9 Å². The molecule has 0 fully saturated rings. The lowest BCUT2D eigenvalue weighted by Crippen LogP contribution is -2.26. The fraction of sp³-hybridized carbons (Fsp3) is 0.333. The zero-order valence-electron chi connectivity index (χ0n) is 12.2. The number of benzene rings is 2. The topological polar surface area (TPSA) is 12.0 Å². The number of hydrogen-bond donors (Lipinski definition) is 1. The average Bonchev–Trinajstić information content (AvgIpc) is 2.66. The Morgan fingerprint density at radius 1 is 1.14 bits per heavy atom. The zero-order valence-corrected chi connectivity index (χ0v) is 13.8. The van der Waals surface area contributed by atoms with Crippen LogP contribution in [-0.4, -0.2) is 12.3 Å². The molecule has 0 bridgehead atoms. The minimum absolute atomic E-state index is 0.396. The summed E-state index contributed by atoms with van der Waals surface area (Å²) < 4.78 is 0. The van der Waals surface area contributed by atoms with Crippen LogP contribution in [0.3, 0.4) is 0 Å². The van der Waals surface area contributed by atoms with E-state index < -0.39 is 0 Å². The molecule has 0 radical (unpaired) electrons. The third-order valence-corrected chi connectivity index (χ3v) is 5.66. The molecule has 21 heavy (non-hydrogen) atoms. The molecule has 110 valence electrons. The van der Waals surface area contributed by atoms with Crippen LogP contribution in [0.15, 0.2) is 53.4 Å². The fourth-order valence-corrected chi connectivity index (χ4v) is 4.77. The van der Waals surface area contributed by atoms with Gasteiger partial charge in [-0.15, -0.1) is 11.8 Å². The fourth-order valence-electron chi connectivity index (χ4n) is 3.11. The highest BCUT2D eigenvalue weighted by molar-refractivity contribution is 8.00. The van der Waals surface area contributed by atoms with Crippen molar-refractivity contribution >= 4 is 23.4 Å². The molecule has 3 heteroatoms. The number of hydrogen-bond acceptors (Lipinski definition) is 2. The highest BCUT2D eigenvalue weighted by Crippen LogP contribution is 2.39. The summed E-state index contributed by atoms with van der Waals surface area (Å²) in [5.74, 6) is 0. The molecule has 0 saturated heterocycles. The largest absolute Gasteiger partial charge is 0.312 e. The Labute approximate surface area is 136 Å². The van der Waals surface area contributed by atoms with Gasteiger partial charge in [0.1, 0.15) is 0 Å². The van der Waals surface area contributed by atoms with Crippen LogP contribution in [-0.2, 0) is 6.42 Å². The Bertz CT molecular complexity index is 614. The molecular weight excluding hydrogens is 298 g/mol. The van der Waals surface area contributed by atoms with Gasteiger partial charge in [-0.05, 0) is 55.6 Å². The van der Waals surface area contributed by atoms with Crippen molar-refractivity contribution in [2.45, 2.75) is 35.4 Å². The van der Waals surface area contributed by atoms with Gasteiger partial charge in [-0.2, -0.15) is 0 Å². The predicted octanol–water partition coefficient (Wildman–Crippen LogP) is 5.10. The van der Waals surface area contributed by atoms with Crippen LogP contribution < -0.4 is 5.32 Å². The van der Waals surface area contributed by atoms with E-state index in [9.17, 15) is 0 Å². The van der Waals surface area contributed by atoms with E-state index in [0.29, 0.717) is 11.3 Å². The summed E-state index contributed by atoms with van der Waals surface area (Å²) in [6.45, 7) is 0. The van der Waals surface area contributed by atoms with E-state index in [1.165, 1.54) is 35.3 Å². The third-order valence-electron chi connectivity index (χ3n) is 4.09. The van der Waals surface area contributed by atoms with Crippen LogP contribution in [0, 0.1) is 0 Å². The summed E-state index contributed by atoms with van der Waals surface area (Å²) in [6.07, 6.45) is 3.64. The summed E-state index contributed by atoms with van der Waals surface area (Å²) in [6, 6.07) is 17.4. The van der Waals surface area contributed by atoms with Crippen LogP contribution in [0.25, 0.3) is 0 Å². The SMILES string of the molecule is CNC1c2ccccc2CCCC1Sc1cccc(Cl)c1. The lowest BCUT2D eigenvalue weighted by atomic mass is 9.99. The average molecular weight is 318 g/mol. The van der Waals surface area contributed by atoms with E-state index >= 15 is 0 Å². The van der Waals surface area contributed by atoms with Gasteiger partial charge in [0.15, 0.2) is 0 Å². The number of thioether (sulfide) groups is 1. The van der Waals surface area contributed by atoms with Gasteiger partial charge in [0, 0.05) is 21.2 Å². The third kappa shape index (κ3) is 3.45. The highest BCUT2D eigenvalue weighted by atomic mass is 35.5. The second-order valence-corrected chi connectivity index (χ2v) is 7.22. The van der Waals surface area contributed by atoms with E-state index in [2.05, 4.69) is 48.8 Å². The number of fused-ring (bicyclic) bond motifs is 1. The Balaban J connectivity index is 1.88. The standard InChI is InChI=1S/C18H20ClNS/c1-20-18-16-10-3-2-6-13(16)7-4-11-17(18)21-15-9-5-8-14(19)12-15/h2-3,5-6,8-10,12,17-18,20H,4,7,11H2,1H3. The first kappa shape index (κ1) is 15.0. The van der Waals surface area contributed by atoms with Gasteiger partial charge in [0.25, 0.3) is 0 Å². The quantitative estimate of drug-likeness (QED) is 0.791. The Morgan fingerprint density at radius 3 is 2.81 bits per heavy atom. The lowest BCUT2D eigenvalue weighted by molar-refractivity contribution is 0.548. The molecule has 0 aromatic heterocycles. The molecule has 0 aliphatic heterocycles.